The van der Waals surface area contributed by atoms with Crippen molar-refractivity contribution in [2.45, 2.75) is 381 Å². The Morgan fingerprint density at radius 1 is 0.297 bits per heavy atom. The summed E-state index contributed by atoms with van der Waals surface area (Å²) >= 11 is 0. The molecular formula is C72H140O17P2. The number of rotatable bonds is 70. The monoisotopic (exact) mass is 1340 g/mol. The number of phosphoric ester groups is 2. The van der Waals surface area contributed by atoms with Gasteiger partial charge in [-0.05, 0) is 43.4 Å². The molecule has 5 atom stereocenters. The van der Waals surface area contributed by atoms with Crippen LogP contribution in [0.4, 0.5) is 0 Å². The molecule has 0 aromatic carbocycles. The summed E-state index contributed by atoms with van der Waals surface area (Å²) in [6.45, 7) is 11.8. The maximum absolute atomic E-state index is 13.0. The third-order valence-corrected chi connectivity index (χ3v) is 18.5. The highest BCUT2D eigenvalue weighted by Gasteiger charge is 2.30. The Labute approximate surface area is 556 Å². The van der Waals surface area contributed by atoms with E-state index in [1.807, 2.05) is 0 Å². The third kappa shape index (κ3) is 66.5. The van der Waals surface area contributed by atoms with E-state index in [1.165, 1.54) is 167 Å². The molecule has 0 radical (unpaired) electrons. The van der Waals surface area contributed by atoms with Gasteiger partial charge in [0, 0.05) is 25.7 Å². The molecule has 0 bridgehead atoms. The summed E-state index contributed by atoms with van der Waals surface area (Å²) in [5.41, 5.74) is 0. The van der Waals surface area contributed by atoms with Crippen LogP contribution < -0.4 is 0 Å². The lowest BCUT2D eigenvalue weighted by Crippen LogP contribution is -2.30. The van der Waals surface area contributed by atoms with Crippen molar-refractivity contribution in [3.05, 3.63) is 0 Å². The molecule has 0 aliphatic rings. The van der Waals surface area contributed by atoms with Gasteiger partial charge in [-0.1, -0.05) is 312 Å². The van der Waals surface area contributed by atoms with E-state index < -0.39 is 97.5 Å². The first-order valence-electron chi connectivity index (χ1n) is 37.3. The Morgan fingerprint density at radius 2 is 0.505 bits per heavy atom. The van der Waals surface area contributed by atoms with Crippen molar-refractivity contribution in [3.8, 4) is 0 Å². The van der Waals surface area contributed by atoms with E-state index in [9.17, 15) is 43.2 Å². The molecule has 540 valence electrons. The first-order chi connectivity index (χ1) is 43.7. The molecule has 0 aromatic heterocycles. The average Bonchev–Trinajstić information content (AvgIpc) is 3.39. The van der Waals surface area contributed by atoms with Gasteiger partial charge in [-0.3, -0.25) is 37.3 Å². The predicted molar refractivity (Wildman–Crippen MR) is 368 cm³/mol. The Hall–Kier alpha value is -1.94. The zero-order valence-electron chi connectivity index (χ0n) is 59.3. The Balaban J connectivity index is 5.15. The van der Waals surface area contributed by atoms with E-state index >= 15 is 0 Å². The second-order valence-electron chi connectivity index (χ2n) is 27.4. The fraction of sp³-hybridized carbons (Fsp3) is 0.944. The van der Waals surface area contributed by atoms with Crippen LogP contribution in [0.25, 0.3) is 0 Å². The summed E-state index contributed by atoms with van der Waals surface area (Å²) < 4.78 is 68.1. The van der Waals surface area contributed by atoms with Crippen LogP contribution in [0.15, 0.2) is 0 Å². The van der Waals surface area contributed by atoms with Crippen LogP contribution in [0, 0.1) is 17.8 Å². The third-order valence-electron chi connectivity index (χ3n) is 16.6. The minimum atomic E-state index is -4.95. The van der Waals surface area contributed by atoms with Gasteiger partial charge in [0.25, 0.3) is 0 Å². The molecule has 0 aromatic rings. The van der Waals surface area contributed by atoms with Gasteiger partial charge in [-0.25, -0.2) is 9.13 Å². The molecule has 91 heavy (non-hydrogen) atoms. The highest BCUT2D eigenvalue weighted by molar-refractivity contribution is 7.47. The van der Waals surface area contributed by atoms with Crippen molar-refractivity contribution < 1.29 is 80.2 Å². The Bertz CT molecular complexity index is 1780. The van der Waals surface area contributed by atoms with Crippen molar-refractivity contribution in [2.75, 3.05) is 39.6 Å². The van der Waals surface area contributed by atoms with Gasteiger partial charge < -0.3 is 33.8 Å². The van der Waals surface area contributed by atoms with Crippen LogP contribution in [-0.2, 0) is 65.4 Å². The minimum absolute atomic E-state index is 0.103. The summed E-state index contributed by atoms with van der Waals surface area (Å²) in [6, 6.07) is 0. The molecular weight excluding hydrogens is 1200 g/mol. The molecule has 0 aliphatic heterocycles. The Morgan fingerprint density at radius 3 is 0.747 bits per heavy atom. The van der Waals surface area contributed by atoms with Crippen molar-refractivity contribution >= 4 is 39.5 Å². The smallest absolute Gasteiger partial charge is 0.462 e. The Kier molecular flexibility index (Phi) is 61.5. The van der Waals surface area contributed by atoms with Crippen LogP contribution in [-0.4, -0.2) is 96.7 Å². The van der Waals surface area contributed by atoms with Crippen molar-refractivity contribution in [2.24, 2.45) is 17.8 Å². The molecule has 0 fully saturated rings. The van der Waals surface area contributed by atoms with E-state index in [4.69, 9.17) is 37.0 Å². The maximum Gasteiger partial charge on any atom is 0.472 e. The zero-order valence-corrected chi connectivity index (χ0v) is 61.1. The average molecular weight is 1340 g/mol. The number of ether oxygens (including phenoxy) is 4. The lowest BCUT2D eigenvalue weighted by Gasteiger charge is -2.21. The number of carbonyl (C=O) groups is 4. The number of aliphatic hydroxyl groups excluding tert-OH is 1. The quantitative estimate of drug-likeness (QED) is 0.0222. The molecule has 0 saturated heterocycles. The molecule has 19 heteroatoms. The molecule has 17 nitrogen and oxygen atoms in total. The minimum Gasteiger partial charge on any atom is -0.462 e. The molecule has 0 aliphatic carbocycles. The topological polar surface area (TPSA) is 237 Å². The largest absolute Gasteiger partial charge is 0.472 e. The van der Waals surface area contributed by atoms with Crippen LogP contribution in [0.5, 0.6) is 0 Å². The van der Waals surface area contributed by atoms with E-state index in [2.05, 4.69) is 48.5 Å². The highest BCUT2D eigenvalue weighted by Crippen LogP contribution is 2.45. The van der Waals surface area contributed by atoms with Gasteiger partial charge in [0.1, 0.15) is 19.3 Å². The highest BCUT2D eigenvalue weighted by atomic mass is 31.2. The molecule has 3 N–H and O–H groups in total. The summed E-state index contributed by atoms with van der Waals surface area (Å²) in [5.74, 6) is 0.185. The van der Waals surface area contributed by atoms with Crippen LogP contribution in [0.3, 0.4) is 0 Å². The summed E-state index contributed by atoms with van der Waals surface area (Å²) in [6.07, 6.45) is 47.7. The van der Waals surface area contributed by atoms with Gasteiger partial charge in [0.15, 0.2) is 12.2 Å². The molecule has 0 amide bonds. The fourth-order valence-corrected chi connectivity index (χ4v) is 12.5. The van der Waals surface area contributed by atoms with E-state index in [1.54, 1.807) is 0 Å². The van der Waals surface area contributed by atoms with Crippen LogP contribution in [0.1, 0.15) is 363 Å². The van der Waals surface area contributed by atoms with Crippen molar-refractivity contribution in [3.63, 3.8) is 0 Å². The van der Waals surface area contributed by atoms with Crippen molar-refractivity contribution in [1.82, 2.24) is 0 Å². The van der Waals surface area contributed by atoms with Crippen LogP contribution in [0.2, 0.25) is 0 Å². The van der Waals surface area contributed by atoms with Gasteiger partial charge in [0.2, 0.25) is 0 Å². The standard InChI is InChI=1S/C72H140O17P2/c1-8-9-10-36-46-53-69(74)82-59-67(88-72(77)56-49-42-35-29-28-32-39-45-52-65(6)7)61-86-90(78,79)84-57-66(73)58-85-91(80,81)87-62-68(60-83-70(75)54-47-40-33-26-22-18-15-14-17-21-25-31-38-44-51-64(4)5)89-71(76)55-48-41-34-27-23-19-13-11-12-16-20-24-30-37-43-50-63(2)3/h63-68,73H,8-62H2,1-7H3,(H,78,79)(H,80,81)/t66-,67+,68+/m0/s1. The second-order valence-corrected chi connectivity index (χ2v) is 30.3. The SMILES string of the molecule is CCCCCCCC(=O)OC[C@H](COP(=O)(O)OC[C@H](O)COP(=O)(O)OC[C@@H](COC(=O)CCCCCCCCCCCCCCCCC(C)C)OC(=O)CCCCCCCCCCCCCCCCCC(C)C)OC(=O)CCCCCCCCCCC(C)C. The lowest BCUT2D eigenvalue weighted by molar-refractivity contribution is -0.161. The van der Waals surface area contributed by atoms with Gasteiger partial charge in [-0.2, -0.15) is 0 Å². The first-order valence-corrected chi connectivity index (χ1v) is 40.3. The molecule has 2 unspecified atom stereocenters. The summed E-state index contributed by atoms with van der Waals surface area (Å²) in [7, 11) is -9.89. The maximum atomic E-state index is 13.0. The predicted octanol–water partition coefficient (Wildman–Crippen LogP) is 20.6. The zero-order chi connectivity index (χ0) is 67.3. The molecule has 0 heterocycles. The summed E-state index contributed by atoms with van der Waals surface area (Å²) in [4.78, 5) is 72.3. The number of esters is 4. The van der Waals surface area contributed by atoms with E-state index in [-0.39, 0.29) is 25.7 Å². The summed E-state index contributed by atoms with van der Waals surface area (Å²) in [5, 5.41) is 10.6. The number of hydrogen-bond donors (Lipinski definition) is 3. The van der Waals surface area contributed by atoms with Gasteiger partial charge in [0.05, 0.1) is 26.4 Å². The van der Waals surface area contributed by atoms with Crippen molar-refractivity contribution in [1.29, 1.82) is 0 Å². The van der Waals surface area contributed by atoms with Gasteiger partial charge in [-0.15, -0.1) is 0 Å². The lowest BCUT2D eigenvalue weighted by atomic mass is 10.0. The van der Waals surface area contributed by atoms with Gasteiger partial charge >= 0.3 is 39.5 Å². The molecule has 0 saturated carbocycles. The van der Waals surface area contributed by atoms with Crippen LogP contribution >= 0.6 is 15.6 Å². The number of phosphoric acid groups is 2. The van der Waals surface area contributed by atoms with E-state index in [0.29, 0.717) is 25.7 Å². The number of unbranched alkanes of at least 4 members (excludes halogenated alkanes) is 38. The number of aliphatic hydroxyl groups is 1. The normalized spacial score (nSPS) is 14.2. The first kappa shape index (κ1) is 89.1. The number of hydrogen-bond acceptors (Lipinski definition) is 15. The fourth-order valence-electron chi connectivity index (χ4n) is 10.9. The molecule has 0 spiro atoms. The second kappa shape index (κ2) is 62.8. The number of carbonyl (C=O) groups excluding carboxylic acids is 4. The van der Waals surface area contributed by atoms with E-state index in [0.717, 1.165) is 114 Å². The molecule has 0 rings (SSSR count).